The molecular formula is C26H43N. The SMILES string of the molecule is CCCCC[C@H]1CC=C([C@]2(C#N)CC[C@@H](C3CCC(CC)CC3)CC2)CC1. The molecule has 0 unspecified atom stereocenters. The van der Waals surface area contributed by atoms with Crippen molar-refractivity contribution in [2.24, 2.45) is 29.1 Å². The first-order chi connectivity index (χ1) is 13.2. The number of rotatable bonds is 7. The summed E-state index contributed by atoms with van der Waals surface area (Å²) in [6, 6.07) is 2.83. The Kier molecular flexibility index (Phi) is 7.86. The van der Waals surface area contributed by atoms with Gasteiger partial charge >= 0.3 is 0 Å². The molecule has 1 atom stereocenters. The first-order valence-corrected chi connectivity index (χ1v) is 12.3. The average molecular weight is 370 g/mol. The lowest BCUT2D eigenvalue weighted by Gasteiger charge is -2.42. The maximum atomic E-state index is 10.1. The van der Waals surface area contributed by atoms with Crippen molar-refractivity contribution in [3.63, 3.8) is 0 Å². The predicted octanol–water partition coefficient (Wildman–Crippen LogP) is 8.21. The molecule has 2 fully saturated rings. The molecule has 1 heteroatoms. The van der Waals surface area contributed by atoms with Gasteiger partial charge in [0.25, 0.3) is 0 Å². The van der Waals surface area contributed by atoms with Gasteiger partial charge in [0, 0.05) is 0 Å². The zero-order valence-corrected chi connectivity index (χ0v) is 18.1. The molecule has 152 valence electrons. The summed E-state index contributed by atoms with van der Waals surface area (Å²) < 4.78 is 0. The highest BCUT2D eigenvalue weighted by atomic mass is 14.5. The van der Waals surface area contributed by atoms with Crippen molar-refractivity contribution in [3.8, 4) is 6.07 Å². The lowest BCUT2D eigenvalue weighted by molar-refractivity contribution is 0.132. The van der Waals surface area contributed by atoms with Crippen molar-refractivity contribution in [3.05, 3.63) is 11.6 Å². The van der Waals surface area contributed by atoms with Crippen LogP contribution in [0.1, 0.15) is 117 Å². The molecule has 0 aliphatic heterocycles. The molecular weight excluding hydrogens is 326 g/mol. The molecule has 0 heterocycles. The number of nitrogens with zero attached hydrogens (tertiary/aromatic N) is 1. The van der Waals surface area contributed by atoms with Gasteiger partial charge in [-0.15, -0.1) is 0 Å². The number of allylic oxidation sites excluding steroid dienone is 2. The molecule has 3 rings (SSSR count). The highest BCUT2D eigenvalue weighted by Gasteiger charge is 2.41. The Morgan fingerprint density at radius 1 is 0.926 bits per heavy atom. The minimum absolute atomic E-state index is 0.0918. The summed E-state index contributed by atoms with van der Waals surface area (Å²) in [6.45, 7) is 4.65. The van der Waals surface area contributed by atoms with Crippen molar-refractivity contribution >= 4 is 0 Å². The highest BCUT2D eigenvalue weighted by Crippen LogP contribution is 2.51. The van der Waals surface area contributed by atoms with Crippen LogP contribution in [0.15, 0.2) is 11.6 Å². The maximum Gasteiger partial charge on any atom is 0.0782 e. The van der Waals surface area contributed by atoms with Crippen molar-refractivity contribution in [2.75, 3.05) is 0 Å². The summed E-state index contributed by atoms with van der Waals surface area (Å²) >= 11 is 0. The number of hydrogen-bond acceptors (Lipinski definition) is 1. The lowest BCUT2D eigenvalue weighted by atomic mass is 9.61. The van der Waals surface area contributed by atoms with Gasteiger partial charge in [0.2, 0.25) is 0 Å². The Bertz CT molecular complexity index is 509. The molecule has 0 saturated heterocycles. The fourth-order valence-corrected chi connectivity index (χ4v) is 6.45. The van der Waals surface area contributed by atoms with E-state index in [0.29, 0.717) is 0 Å². The molecule has 0 spiro atoms. The van der Waals surface area contributed by atoms with Crippen LogP contribution in [0, 0.1) is 40.4 Å². The number of unbranched alkanes of at least 4 members (excludes halogenated alkanes) is 2. The van der Waals surface area contributed by atoms with Crippen molar-refractivity contribution in [1.82, 2.24) is 0 Å². The predicted molar refractivity (Wildman–Crippen MR) is 115 cm³/mol. The molecule has 0 aromatic heterocycles. The summed E-state index contributed by atoms with van der Waals surface area (Å²) in [5, 5.41) is 10.1. The van der Waals surface area contributed by atoms with E-state index in [1.165, 1.54) is 95.5 Å². The van der Waals surface area contributed by atoms with Crippen LogP contribution >= 0.6 is 0 Å². The standard InChI is InChI=1S/C26H43N/c1-3-5-6-7-22-10-14-25(15-11-22)26(20-27)18-16-24(17-19-26)23-12-8-21(4-2)9-13-23/h14,21-24H,3-13,15-19H2,1-2H3/t21?,22-,23?,24-,26-/m0/s1. The van der Waals surface area contributed by atoms with E-state index < -0.39 is 0 Å². The summed E-state index contributed by atoms with van der Waals surface area (Å²) in [6.07, 6.45) is 24.0. The van der Waals surface area contributed by atoms with Crippen LogP contribution in [0.2, 0.25) is 0 Å². The van der Waals surface area contributed by atoms with Crippen LogP contribution in [0.4, 0.5) is 0 Å². The molecule has 0 amide bonds. The average Bonchev–Trinajstić information content (AvgIpc) is 2.74. The molecule has 0 aromatic rings. The Labute approximate surface area is 169 Å². The van der Waals surface area contributed by atoms with Crippen molar-refractivity contribution in [1.29, 1.82) is 5.26 Å². The summed E-state index contributed by atoms with van der Waals surface area (Å²) in [5.41, 5.74) is 1.44. The van der Waals surface area contributed by atoms with E-state index in [9.17, 15) is 5.26 Å². The summed E-state index contributed by atoms with van der Waals surface area (Å²) in [5.74, 6) is 3.77. The van der Waals surface area contributed by atoms with E-state index in [1.807, 2.05) is 0 Å². The molecule has 2 saturated carbocycles. The molecule has 3 aliphatic carbocycles. The summed E-state index contributed by atoms with van der Waals surface area (Å²) in [4.78, 5) is 0. The van der Waals surface area contributed by atoms with Gasteiger partial charge in [-0.3, -0.25) is 0 Å². The van der Waals surface area contributed by atoms with Gasteiger partial charge in [0.05, 0.1) is 11.5 Å². The first-order valence-electron chi connectivity index (χ1n) is 12.3. The van der Waals surface area contributed by atoms with Crippen LogP contribution in [-0.2, 0) is 0 Å². The van der Waals surface area contributed by atoms with E-state index in [2.05, 4.69) is 26.0 Å². The topological polar surface area (TPSA) is 23.8 Å². The quantitative estimate of drug-likeness (QED) is 0.327. The summed E-state index contributed by atoms with van der Waals surface area (Å²) in [7, 11) is 0. The monoisotopic (exact) mass is 369 g/mol. The molecule has 0 radical (unpaired) electrons. The smallest absolute Gasteiger partial charge is 0.0782 e. The van der Waals surface area contributed by atoms with Gasteiger partial charge in [-0.05, 0) is 81.5 Å². The fraction of sp³-hybridized carbons (Fsp3) is 0.885. The Morgan fingerprint density at radius 2 is 1.63 bits per heavy atom. The molecule has 1 nitrogen and oxygen atoms in total. The van der Waals surface area contributed by atoms with E-state index in [-0.39, 0.29) is 5.41 Å². The number of nitriles is 1. The second-order valence-electron chi connectivity index (χ2n) is 10.1. The molecule has 0 bridgehead atoms. The van der Waals surface area contributed by atoms with Crippen LogP contribution in [-0.4, -0.2) is 0 Å². The minimum atomic E-state index is -0.0918. The van der Waals surface area contributed by atoms with Gasteiger partial charge in [0.1, 0.15) is 0 Å². The Morgan fingerprint density at radius 3 is 2.19 bits per heavy atom. The van der Waals surface area contributed by atoms with Crippen molar-refractivity contribution < 1.29 is 0 Å². The molecule has 3 aliphatic rings. The molecule has 27 heavy (non-hydrogen) atoms. The zero-order valence-electron chi connectivity index (χ0n) is 18.1. The highest BCUT2D eigenvalue weighted by molar-refractivity contribution is 5.26. The van der Waals surface area contributed by atoms with Gasteiger partial charge in [-0.25, -0.2) is 0 Å². The minimum Gasteiger partial charge on any atom is -0.197 e. The number of hydrogen-bond donors (Lipinski definition) is 0. The van der Waals surface area contributed by atoms with Gasteiger partial charge in [-0.2, -0.15) is 5.26 Å². The first kappa shape index (κ1) is 21.0. The molecule has 0 aromatic carbocycles. The van der Waals surface area contributed by atoms with Crippen LogP contribution in [0.3, 0.4) is 0 Å². The fourth-order valence-electron chi connectivity index (χ4n) is 6.45. The molecule has 0 N–H and O–H groups in total. The Hall–Kier alpha value is -0.770. The van der Waals surface area contributed by atoms with Crippen LogP contribution in [0.5, 0.6) is 0 Å². The zero-order chi connectivity index (χ0) is 19.1. The third-order valence-corrected chi connectivity index (χ3v) is 8.58. The third kappa shape index (κ3) is 5.19. The second kappa shape index (κ2) is 10.1. The van der Waals surface area contributed by atoms with Crippen LogP contribution in [0.25, 0.3) is 0 Å². The maximum absolute atomic E-state index is 10.1. The van der Waals surface area contributed by atoms with Crippen LogP contribution < -0.4 is 0 Å². The normalized spacial score (nSPS) is 37.4. The van der Waals surface area contributed by atoms with E-state index in [1.54, 1.807) is 0 Å². The second-order valence-corrected chi connectivity index (χ2v) is 10.1. The lowest BCUT2D eigenvalue weighted by Crippen LogP contribution is -2.33. The van der Waals surface area contributed by atoms with Gasteiger partial charge in [-0.1, -0.05) is 70.4 Å². The van der Waals surface area contributed by atoms with E-state index >= 15 is 0 Å². The third-order valence-electron chi connectivity index (χ3n) is 8.58. The Balaban J connectivity index is 1.50. The van der Waals surface area contributed by atoms with Gasteiger partial charge < -0.3 is 0 Å². The van der Waals surface area contributed by atoms with Crippen molar-refractivity contribution in [2.45, 2.75) is 117 Å². The van der Waals surface area contributed by atoms with Gasteiger partial charge in [0.15, 0.2) is 0 Å². The van der Waals surface area contributed by atoms with E-state index in [4.69, 9.17) is 0 Å². The largest absolute Gasteiger partial charge is 0.197 e. The van der Waals surface area contributed by atoms with E-state index in [0.717, 1.165) is 36.5 Å².